The second-order valence-corrected chi connectivity index (χ2v) is 2.44. The average molecular weight is 116 g/mol. The van der Waals surface area contributed by atoms with E-state index in [4.69, 9.17) is 0 Å². The van der Waals surface area contributed by atoms with Gasteiger partial charge in [0.1, 0.15) is 0 Å². The molecule has 0 fully saturated rings. The Morgan fingerprint density at radius 2 is 2.25 bits per heavy atom. The van der Waals surface area contributed by atoms with Gasteiger partial charge in [0.05, 0.1) is 0 Å². The van der Waals surface area contributed by atoms with Crippen molar-refractivity contribution in [1.82, 2.24) is 0 Å². The van der Waals surface area contributed by atoms with Crippen molar-refractivity contribution in [1.29, 1.82) is 0 Å². The van der Waals surface area contributed by atoms with Crippen LogP contribution in [0.1, 0.15) is 6.92 Å². The molecule has 0 atom stereocenters. The minimum atomic E-state index is 0.765. The Bertz CT molecular complexity index is 20.0. The van der Waals surface area contributed by atoms with Crippen molar-refractivity contribution in [2.45, 2.75) is 13.0 Å². The van der Waals surface area contributed by atoms with Crippen LogP contribution in [0.3, 0.4) is 0 Å². The molecular weight excluding hydrogens is 111 g/mol. The van der Waals surface area contributed by atoms with Gasteiger partial charge in [-0.3, -0.25) is 0 Å². The maximum absolute atomic E-state index is 4.34. The molecule has 0 rings (SSSR count). The Labute approximate surface area is 35.7 Å². The summed E-state index contributed by atoms with van der Waals surface area (Å²) in [5.74, 6) is 0. The summed E-state index contributed by atoms with van der Waals surface area (Å²) in [6, 6.07) is 1.18. The zero-order valence-corrected chi connectivity index (χ0v) is 4.51. The molecule has 0 aliphatic heterocycles. The van der Waals surface area contributed by atoms with Crippen molar-refractivity contribution in [3.8, 4) is 0 Å². The van der Waals surface area contributed by atoms with Crippen LogP contribution in [-0.2, 0) is 14.4 Å². The van der Waals surface area contributed by atoms with Gasteiger partial charge >= 0.3 is 35.1 Å². The van der Waals surface area contributed by atoms with E-state index in [1.165, 1.54) is 6.04 Å². The Morgan fingerprint density at radius 1 is 2.00 bits per heavy atom. The molecule has 0 aromatic carbocycles. The van der Waals surface area contributed by atoms with E-state index in [2.05, 4.69) is 21.3 Å². The molecule has 1 radical (unpaired) electrons. The van der Waals surface area contributed by atoms with Gasteiger partial charge in [-0.15, -0.1) is 0 Å². The van der Waals surface area contributed by atoms with Crippen LogP contribution in [0, 0.1) is 0 Å². The van der Waals surface area contributed by atoms with Gasteiger partial charge in [0.25, 0.3) is 0 Å². The maximum atomic E-state index is 4.34. The van der Waals surface area contributed by atoms with Gasteiger partial charge < -0.3 is 0 Å². The zero-order valence-electron chi connectivity index (χ0n) is 2.52. The molecule has 0 aliphatic carbocycles. The third kappa shape index (κ3) is 2.71. The van der Waals surface area contributed by atoms with E-state index in [9.17, 15) is 0 Å². The van der Waals surface area contributed by atoms with Gasteiger partial charge in [-0.1, -0.05) is 0 Å². The van der Waals surface area contributed by atoms with Gasteiger partial charge in [0, 0.05) is 0 Å². The fraction of sp³-hybridized carbons (Fsp3) is 1.00. The zero-order chi connectivity index (χ0) is 3.41. The molecule has 0 aliphatic rings. The van der Waals surface area contributed by atoms with Crippen molar-refractivity contribution in [2.24, 2.45) is 0 Å². The van der Waals surface area contributed by atoms with E-state index in [1.807, 2.05) is 0 Å². The van der Waals surface area contributed by atoms with Gasteiger partial charge in [0.2, 0.25) is 0 Å². The van der Waals surface area contributed by atoms with E-state index in [0.29, 0.717) is 0 Å². The van der Waals surface area contributed by atoms with E-state index >= 15 is 0 Å². The molecule has 27 valence electrons. The first-order chi connectivity index (χ1) is 1.91. The SMILES string of the molecule is CC[Si]=[Ni]. The molecule has 2 heteroatoms. The van der Waals surface area contributed by atoms with Crippen LogP contribution in [0.5, 0.6) is 0 Å². The van der Waals surface area contributed by atoms with E-state index in [-0.39, 0.29) is 0 Å². The van der Waals surface area contributed by atoms with Gasteiger partial charge in [-0.05, 0) is 0 Å². The van der Waals surface area contributed by atoms with Crippen molar-refractivity contribution >= 4 is 7.76 Å². The van der Waals surface area contributed by atoms with Crippen molar-refractivity contribution in [3.63, 3.8) is 0 Å². The monoisotopic (exact) mass is 115 g/mol. The second-order valence-electron chi connectivity index (χ2n) is 0.465. The number of rotatable bonds is 1. The van der Waals surface area contributed by atoms with Crippen LogP contribution in [0.15, 0.2) is 0 Å². The normalized spacial score (nSPS) is 6.75. The first-order valence-electron chi connectivity index (χ1n) is 1.22. The van der Waals surface area contributed by atoms with Crippen molar-refractivity contribution < 1.29 is 14.4 Å². The molecule has 0 heterocycles. The average Bonchev–Trinajstić information content (AvgIpc) is 1.37. The second kappa shape index (κ2) is 3.71. The molecule has 0 nitrogen and oxygen atoms in total. The van der Waals surface area contributed by atoms with E-state index in [1.54, 1.807) is 0 Å². The predicted molar refractivity (Wildman–Crippen MR) is 16.2 cm³/mol. The third-order valence-corrected chi connectivity index (χ3v) is 1.38. The summed E-state index contributed by atoms with van der Waals surface area (Å²) < 4.78 is 0. The standard InChI is InChI=1S/C2H5Si.Ni/c1-2-3;/h2H2,1H3;. The summed E-state index contributed by atoms with van der Waals surface area (Å²) >= 11 is 4.34. The summed E-state index contributed by atoms with van der Waals surface area (Å²) in [7, 11) is 0.765. The molecule has 0 bridgehead atoms. The molecule has 4 heavy (non-hydrogen) atoms. The Morgan fingerprint density at radius 3 is 2.25 bits per heavy atom. The Balaban J connectivity index is 2.30. The molecule has 0 N–H and O–H groups in total. The van der Waals surface area contributed by atoms with E-state index < -0.39 is 0 Å². The molecule has 0 aromatic heterocycles. The fourth-order valence-electron chi connectivity index (χ4n) is 0. The van der Waals surface area contributed by atoms with Crippen LogP contribution >= 0.6 is 0 Å². The van der Waals surface area contributed by atoms with Crippen molar-refractivity contribution in [2.75, 3.05) is 0 Å². The quantitative estimate of drug-likeness (QED) is 0.439. The molecule has 0 saturated carbocycles. The van der Waals surface area contributed by atoms with Crippen LogP contribution in [0.2, 0.25) is 6.04 Å². The summed E-state index contributed by atoms with van der Waals surface area (Å²) in [5, 5.41) is 0. The molecule has 0 spiro atoms. The van der Waals surface area contributed by atoms with Crippen LogP contribution in [-0.4, -0.2) is 7.76 Å². The van der Waals surface area contributed by atoms with E-state index in [0.717, 1.165) is 7.76 Å². The third-order valence-electron chi connectivity index (χ3n) is 0.112. The van der Waals surface area contributed by atoms with Gasteiger partial charge in [0.15, 0.2) is 0 Å². The Hall–Kier alpha value is 0.710. The minimum absolute atomic E-state index is 0.765. The summed E-state index contributed by atoms with van der Waals surface area (Å²) in [4.78, 5) is 0. The summed E-state index contributed by atoms with van der Waals surface area (Å²) in [6.07, 6.45) is 0. The molecule has 0 saturated heterocycles. The fourth-order valence-corrected chi connectivity index (χ4v) is 0. The number of hydrogen-bond donors (Lipinski definition) is 0. The molecule has 0 unspecified atom stereocenters. The first-order valence-corrected chi connectivity index (χ1v) is 3.72. The summed E-state index contributed by atoms with van der Waals surface area (Å²) in [6.45, 7) is 2.10. The predicted octanol–water partition coefficient (Wildman–Crippen LogP) is 0.591. The van der Waals surface area contributed by atoms with Crippen LogP contribution < -0.4 is 0 Å². The first kappa shape index (κ1) is 4.71. The van der Waals surface area contributed by atoms with Crippen molar-refractivity contribution in [3.05, 3.63) is 0 Å². The number of hydrogen-bond acceptors (Lipinski definition) is 0. The molecule has 0 amide bonds. The topological polar surface area (TPSA) is 0 Å². The van der Waals surface area contributed by atoms with Gasteiger partial charge in [-0.25, -0.2) is 0 Å². The summed E-state index contributed by atoms with van der Waals surface area (Å²) in [5.41, 5.74) is 0. The van der Waals surface area contributed by atoms with Crippen LogP contribution in [0.25, 0.3) is 0 Å². The Kier molecular flexibility index (Phi) is 4.37. The van der Waals surface area contributed by atoms with Gasteiger partial charge in [-0.2, -0.15) is 0 Å². The van der Waals surface area contributed by atoms with Crippen LogP contribution in [0.4, 0.5) is 0 Å². The molecular formula is C2H5NiSi. The molecule has 0 aromatic rings.